The number of carbonyl (C=O) groups is 1. The normalized spacial score (nSPS) is 17.1. The molecule has 1 unspecified atom stereocenters. The molecule has 1 atom stereocenters. The number of aryl methyl sites for hydroxylation is 2. The summed E-state index contributed by atoms with van der Waals surface area (Å²) in [5.74, 6) is 0.849. The van der Waals surface area contributed by atoms with E-state index in [0.29, 0.717) is 13.1 Å². The van der Waals surface area contributed by atoms with Crippen LogP contribution in [0, 0.1) is 0 Å². The fourth-order valence-electron chi connectivity index (χ4n) is 3.64. The molecule has 1 fully saturated rings. The van der Waals surface area contributed by atoms with Crippen LogP contribution in [0.15, 0.2) is 4.99 Å². The molecule has 0 saturated carbocycles. The Bertz CT molecular complexity index is 711. The number of rotatable bonds is 5. The number of aliphatic imine (C=N–C) groups is 1. The molecule has 0 aliphatic carbocycles. The molecule has 166 valence electrons. The highest BCUT2D eigenvalue weighted by molar-refractivity contribution is 14.0. The zero-order chi connectivity index (χ0) is 20.9. The molecule has 1 aromatic rings. The van der Waals surface area contributed by atoms with E-state index in [2.05, 4.69) is 39.5 Å². The number of likely N-dealkylation sites (tertiary alicyclic amines) is 1. The van der Waals surface area contributed by atoms with Gasteiger partial charge in [0.15, 0.2) is 5.96 Å². The first kappa shape index (κ1) is 25.5. The Hall–Kier alpha value is -1.52. The number of hydrogen-bond donors (Lipinski definition) is 2. The Kier molecular flexibility index (Phi) is 9.70. The molecule has 1 aromatic heterocycles. The van der Waals surface area contributed by atoms with E-state index in [0.717, 1.165) is 37.5 Å². The van der Waals surface area contributed by atoms with Gasteiger partial charge in [-0.3, -0.25) is 9.67 Å². The highest BCUT2D eigenvalue weighted by Crippen LogP contribution is 2.16. The molecular formula is C20H37IN6O2. The second-order valence-electron chi connectivity index (χ2n) is 8.18. The van der Waals surface area contributed by atoms with Gasteiger partial charge in [0.25, 0.3) is 0 Å². The Balaban J connectivity index is 0.00000420. The molecule has 0 bridgehead atoms. The minimum atomic E-state index is -0.488. The van der Waals surface area contributed by atoms with Crippen molar-refractivity contribution in [3.05, 3.63) is 17.0 Å². The summed E-state index contributed by atoms with van der Waals surface area (Å²) in [5.41, 5.74) is 3.16. The summed E-state index contributed by atoms with van der Waals surface area (Å²) in [5, 5.41) is 11.1. The van der Waals surface area contributed by atoms with E-state index in [-0.39, 0.29) is 36.1 Å². The lowest BCUT2D eigenvalue weighted by Crippen LogP contribution is -2.44. The van der Waals surface area contributed by atoms with E-state index in [1.807, 2.05) is 32.5 Å². The topological polar surface area (TPSA) is 83.8 Å². The first-order chi connectivity index (χ1) is 13.2. The average molecular weight is 520 g/mol. The van der Waals surface area contributed by atoms with Crippen molar-refractivity contribution in [1.82, 2.24) is 25.3 Å². The van der Waals surface area contributed by atoms with Gasteiger partial charge in [0.05, 0.1) is 11.7 Å². The van der Waals surface area contributed by atoms with Crippen molar-refractivity contribution in [2.45, 2.75) is 72.1 Å². The number of ether oxygens (including phenoxy) is 1. The summed E-state index contributed by atoms with van der Waals surface area (Å²) in [7, 11) is 3.80. The van der Waals surface area contributed by atoms with Gasteiger partial charge in [0.1, 0.15) is 5.60 Å². The first-order valence-electron chi connectivity index (χ1n) is 10.2. The maximum Gasteiger partial charge on any atom is 0.407 e. The van der Waals surface area contributed by atoms with E-state index in [1.54, 1.807) is 7.05 Å². The van der Waals surface area contributed by atoms with Gasteiger partial charge >= 0.3 is 6.09 Å². The second kappa shape index (κ2) is 11.0. The van der Waals surface area contributed by atoms with Crippen LogP contribution >= 0.6 is 24.0 Å². The van der Waals surface area contributed by atoms with Crippen molar-refractivity contribution in [3.8, 4) is 0 Å². The standard InChI is InChI=1S/C20H36N6O2.HI/c1-8-16-15(17(9-2)25(7)24-16)12-22-18(21-6)26-11-10-14(13-26)23-19(27)28-20(3,4)5;/h14H,8-13H2,1-7H3,(H,21,22)(H,23,27);1H. The van der Waals surface area contributed by atoms with Gasteiger partial charge in [-0.15, -0.1) is 24.0 Å². The Morgan fingerprint density at radius 2 is 2.00 bits per heavy atom. The van der Waals surface area contributed by atoms with E-state index in [9.17, 15) is 4.79 Å². The van der Waals surface area contributed by atoms with Crippen molar-refractivity contribution < 1.29 is 9.53 Å². The van der Waals surface area contributed by atoms with Crippen LogP contribution in [-0.2, 0) is 31.2 Å². The lowest BCUT2D eigenvalue weighted by molar-refractivity contribution is 0.0507. The summed E-state index contributed by atoms with van der Waals surface area (Å²) in [6, 6.07) is 0.0594. The monoisotopic (exact) mass is 520 g/mol. The van der Waals surface area contributed by atoms with Crippen LogP contribution in [0.2, 0.25) is 0 Å². The first-order valence-corrected chi connectivity index (χ1v) is 10.2. The molecule has 2 heterocycles. The molecule has 0 aromatic carbocycles. The third-order valence-electron chi connectivity index (χ3n) is 4.87. The van der Waals surface area contributed by atoms with Crippen LogP contribution < -0.4 is 10.6 Å². The van der Waals surface area contributed by atoms with Crippen LogP contribution in [0.25, 0.3) is 0 Å². The molecule has 0 radical (unpaired) electrons. The molecule has 1 amide bonds. The van der Waals surface area contributed by atoms with Crippen LogP contribution in [0.5, 0.6) is 0 Å². The van der Waals surface area contributed by atoms with Crippen molar-refractivity contribution >= 4 is 36.0 Å². The van der Waals surface area contributed by atoms with Gasteiger partial charge in [-0.25, -0.2) is 4.79 Å². The molecule has 29 heavy (non-hydrogen) atoms. The minimum Gasteiger partial charge on any atom is -0.444 e. The van der Waals surface area contributed by atoms with Crippen molar-refractivity contribution in [3.63, 3.8) is 0 Å². The molecule has 1 aliphatic rings. The number of nitrogens with one attached hydrogen (secondary N) is 2. The predicted octanol–water partition coefficient (Wildman–Crippen LogP) is 2.84. The summed E-state index contributed by atoms with van der Waals surface area (Å²) >= 11 is 0. The zero-order valence-electron chi connectivity index (χ0n) is 18.8. The Labute approximate surface area is 191 Å². The second-order valence-corrected chi connectivity index (χ2v) is 8.18. The molecule has 8 nitrogen and oxygen atoms in total. The molecular weight excluding hydrogens is 483 g/mol. The summed E-state index contributed by atoms with van der Waals surface area (Å²) in [6.45, 7) is 12.2. The lowest BCUT2D eigenvalue weighted by atomic mass is 10.1. The van der Waals surface area contributed by atoms with Crippen LogP contribution in [-0.4, -0.2) is 58.5 Å². The Morgan fingerprint density at radius 3 is 2.55 bits per heavy atom. The van der Waals surface area contributed by atoms with Crippen LogP contribution in [0.3, 0.4) is 0 Å². The van der Waals surface area contributed by atoms with Gasteiger partial charge in [0.2, 0.25) is 0 Å². The quantitative estimate of drug-likeness (QED) is 0.355. The summed E-state index contributed by atoms with van der Waals surface area (Å²) < 4.78 is 7.34. The number of guanidine groups is 1. The maximum absolute atomic E-state index is 12.0. The molecule has 0 spiro atoms. The molecule has 2 rings (SSSR count). The highest BCUT2D eigenvalue weighted by Gasteiger charge is 2.28. The third kappa shape index (κ3) is 7.04. The number of halogens is 1. The minimum absolute atomic E-state index is 0. The molecule has 2 N–H and O–H groups in total. The largest absolute Gasteiger partial charge is 0.444 e. The smallest absolute Gasteiger partial charge is 0.407 e. The number of hydrogen-bond acceptors (Lipinski definition) is 4. The van der Waals surface area contributed by atoms with Gasteiger partial charge < -0.3 is 20.3 Å². The van der Waals surface area contributed by atoms with Crippen molar-refractivity contribution in [2.75, 3.05) is 20.1 Å². The number of amides is 1. The number of aromatic nitrogens is 2. The van der Waals surface area contributed by atoms with Gasteiger partial charge in [-0.2, -0.15) is 5.10 Å². The summed E-state index contributed by atoms with van der Waals surface area (Å²) in [4.78, 5) is 18.6. The fraction of sp³-hybridized carbons (Fsp3) is 0.750. The number of nitrogens with zero attached hydrogens (tertiary/aromatic N) is 4. The van der Waals surface area contributed by atoms with Gasteiger partial charge in [0, 0.05) is 45.0 Å². The molecule has 1 saturated heterocycles. The zero-order valence-corrected chi connectivity index (χ0v) is 21.2. The van der Waals surface area contributed by atoms with Gasteiger partial charge in [-0.05, 0) is 40.0 Å². The van der Waals surface area contributed by atoms with E-state index in [4.69, 9.17) is 4.74 Å². The SMILES string of the molecule is CCc1nn(C)c(CC)c1CNC(=NC)N1CCC(NC(=O)OC(C)(C)C)C1.I. The van der Waals surface area contributed by atoms with Gasteiger partial charge in [-0.1, -0.05) is 13.8 Å². The van der Waals surface area contributed by atoms with Crippen LogP contribution in [0.1, 0.15) is 58.0 Å². The van der Waals surface area contributed by atoms with E-state index in [1.165, 1.54) is 11.3 Å². The third-order valence-corrected chi connectivity index (χ3v) is 4.87. The van der Waals surface area contributed by atoms with E-state index < -0.39 is 5.60 Å². The number of alkyl carbamates (subject to hydrolysis) is 1. The van der Waals surface area contributed by atoms with Crippen molar-refractivity contribution in [1.29, 1.82) is 0 Å². The molecule has 9 heteroatoms. The van der Waals surface area contributed by atoms with Crippen LogP contribution in [0.4, 0.5) is 4.79 Å². The summed E-state index contributed by atoms with van der Waals surface area (Å²) in [6.07, 6.45) is 2.37. The maximum atomic E-state index is 12.0. The van der Waals surface area contributed by atoms with Crippen molar-refractivity contribution in [2.24, 2.45) is 12.0 Å². The number of carbonyl (C=O) groups excluding carboxylic acids is 1. The lowest BCUT2D eigenvalue weighted by Gasteiger charge is -2.23. The molecule has 1 aliphatic heterocycles. The predicted molar refractivity (Wildman–Crippen MR) is 127 cm³/mol. The average Bonchev–Trinajstić information content (AvgIpc) is 3.17. The fourth-order valence-corrected chi connectivity index (χ4v) is 3.64. The Morgan fingerprint density at radius 1 is 1.31 bits per heavy atom. The highest BCUT2D eigenvalue weighted by atomic mass is 127. The van der Waals surface area contributed by atoms with E-state index >= 15 is 0 Å².